The van der Waals surface area contributed by atoms with Crippen LogP contribution in [0, 0.1) is 5.92 Å². The van der Waals surface area contributed by atoms with Crippen LogP contribution in [0.2, 0.25) is 0 Å². The van der Waals surface area contributed by atoms with E-state index in [-0.39, 0.29) is 5.92 Å². The third-order valence-corrected chi connectivity index (χ3v) is 4.22. The van der Waals surface area contributed by atoms with Crippen LogP contribution in [0.1, 0.15) is 25.7 Å². The minimum atomic E-state index is 0.218. The molecule has 2 saturated heterocycles. The first-order valence-electron chi connectivity index (χ1n) is 5.11. The van der Waals surface area contributed by atoms with E-state index in [4.69, 9.17) is 4.74 Å². The van der Waals surface area contributed by atoms with Gasteiger partial charge in [-0.1, -0.05) is 6.42 Å². The van der Waals surface area contributed by atoms with Crippen LogP contribution < -0.4 is 0 Å². The zero-order valence-electron chi connectivity index (χ0n) is 7.83. The van der Waals surface area contributed by atoms with E-state index in [0.29, 0.717) is 17.6 Å². The summed E-state index contributed by atoms with van der Waals surface area (Å²) in [6.07, 6.45) is 4.57. The highest BCUT2D eigenvalue weighted by Gasteiger charge is 2.30. The largest absolute Gasteiger partial charge is 0.381 e. The molecule has 0 bridgehead atoms. The molecule has 2 rings (SSSR count). The molecule has 13 heavy (non-hydrogen) atoms. The number of carbonyl (C=O) groups is 1. The van der Waals surface area contributed by atoms with Crippen molar-refractivity contribution < 1.29 is 9.53 Å². The third-order valence-electron chi connectivity index (χ3n) is 2.83. The lowest BCUT2D eigenvalue weighted by molar-refractivity contribution is -0.122. The molecule has 0 aromatic carbocycles. The van der Waals surface area contributed by atoms with Gasteiger partial charge in [0.05, 0.1) is 11.9 Å². The molecule has 0 radical (unpaired) electrons. The van der Waals surface area contributed by atoms with Gasteiger partial charge in [-0.3, -0.25) is 4.79 Å². The molecule has 3 heteroatoms. The minimum Gasteiger partial charge on any atom is -0.381 e. The standard InChI is InChI=1S/C10H16O2S/c11-10(8-4-5-12-7-8)9-3-1-2-6-13-9/h8-9H,1-7H2. The van der Waals surface area contributed by atoms with Gasteiger partial charge in [-0.15, -0.1) is 0 Å². The molecule has 2 heterocycles. The highest BCUT2D eigenvalue weighted by molar-refractivity contribution is 8.00. The summed E-state index contributed by atoms with van der Waals surface area (Å²) in [4.78, 5) is 11.9. The molecule has 0 saturated carbocycles. The van der Waals surface area contributed by atoms with Gasteiger partial charge in [0.2, 0.25) is 0 Å². The van der Waals surface area contributed by atoms with Crippen molar-refractivity contribution in [3.63, 3.8) is 0 Å². The van der Waals surface area contributed by atoms with E-state index in [1.165, 1.54) is 18.6 Å². The van der Waals surface area contributed by atoms with Crippen molar-refractivity contribution in [3.8, 4) is 0 Å². The molecule has 2 aliphatic heterocycles. The van der Waals surface area contributed by atoms with Crippen LogP contribution in [0.3, 0.4) is 0 Å². The molecule has 0 spiro atoms. The highest BCUT2D eigenvalue weighted by Crippen LogP contribution is 2.29. The van der Waals surface area contributed by atoms with Crippen molar-refractivity contribution in [1.82, 2.24) is 0 Å². The molecule has 2 atom stereocenters. The van der Waals surface area contributed by atoms with Crippen LogP contribution in [0.4, 0.5) is 0 Å². The van der Waals surface area contributed by atoms with Gasteiger partial charge in [-0.05, 0) is 25.0 Å². The van der Waals surface area contributed by atoms with E-state index in [2.05, 4.69) is 0 Å². The quantitative estimate of drug-likeness (QED) is 0.681. The van der Waals surface area contributed by atoms with Gasteiger partial charge < -0.3 is 4.74 Å². The molecule has 74 valence electrons. The normalized spacial score (nSPS) is 34.8. The zero-order valence-corrected chi connectivity index (χ0v) is 8.65. The first-order valence-corrected chi connectivity index (χ1v) is 6.16. The Balaban J connectivity index is 1.87. The number of ether oxygens (including phenoxy) is 1. The molecular formula is C10H16O2S. The van der Waals surface area contributed by atoms with Crippen molar-refractivity contribution in [1.29, 1.82) is 0 Å². The summed E-state index contributed by atoms with van der Waals surface area (Å²) < 4.78 is 5.24. The van der Waals surface area contributed by atoms with Gasteiger partial charge in [0.25, 0.3) is 0 Å². The Bertz CT molecular complexity index is 181. The SMILES string of the molecule is O=C(C1CCOC1)C1CCCCS1. The van der Waals surface area contributed by atoms with Gasteiger partial charge in [0.15, 0.2) is 5.78 Å². The Hall–Kier alpha value is -0.0200. The Labute approximate surface area is 83.4 Å². The number of hydrogen-bond acceptors (Lipinski definition) is 3. The fraction of sp³-hybridized carbons (Fsp3) is 0.900. The van der Waals surface area contributed by atoms with E-state index < -0.39 is 0 Å². The second-order valence-electron chi connectivity index (χ2n) is 3.82. The molecule has 2 unspecified atom stereocenters. The molecule has 0 amide bonds. The van der Waals surface area contributed by atoms with Gasteiger partial charge in [-0.25, -0.2) is 0 Å². The van der Waals surface area contributed by atoms with Crippen LogP contribution in [-0.4, -0.2) is 30.0 Å². The van der Waals surface area contributed by atoms with Crippen LogP contribution in [-0.2, 0) is 9.53 Å². The summed E-state index contributed by atoms with van der Waals surface area (Å²) in [5.41, 5.74) is 0. The average molecular weight is 200 g/mol. The predicted octanol–water partition coefficient (Wildman–Crippen LogP) is 1.88. The topological polar surface area (TPSA) is 26.3 Å². The maximum atomic E-state index is 11.9. The van der Waals surface area contributed by atoms with Crippen molar-refractivity contribution in [2.75, 3.05) is 19.0 Å². The fourth-order valence-corrected chi connectivity index (χ4v) is 3.33. The van der Waals surface area contributed by atoms with Crippen LogP contribution in [0.25, 0.3) is 0 Å². The Morgan fingerprint density at radius 1 is 1.31 bits per heavy atom. The summed E-state index contributed by atoms with van der Waals surface area (Å²) >= 11 is 1.85. The number of thioether (sulfide) groups is 1. The number of carbonyl (C=O) groups excluding carboxylic acids is 1. The molecule has 0 aromatic rings. The molecule has 2 fully saturated rings. The van der Waals surface area contributed by atoms with Crippen molar-refractivity contribution >= 4 is 17.5 Å². The summed E-state index contributed by atoms with van der Waals surface area (Å²) in [5.74, 6) is 1.85. The maximum absolute atomic E-state index is 11.9. The second-order valence-corrected chi connectivity index (χ2v) is 5.13. The highest BCUT2D eigenvalue weighted by atomic mass is 32.2. The summed E-state index contributed by atoms with van der Waals surface area (Å²) in [6.45, 7) is 1.46. The van der Waals surface area contributed by atoms with E-state index in [1.807, 2.05) is 11.8 Å². The molecule has 0 aromatic heterocycles. The molecule has 0 N–H and O–H groups in total. The molecule has 0 aliphatic carbocycles. The predicted molar refractivity (Wildman–Crippen MR) is 54.0 cm³/mol. The van der Waals surface area contributed by atoms with Crippen LogP contribution >= 0.6 is 11.8 Å². The Kier molecular flexibility index (Phi) is 3.28. The maximum Gasteiger partial charge on any atom is 0.151 e. The smallest absolute Gasteiger partial charge is 0.151 e. The molecule has 2 aliphatic rings. The lowest BCUT2D eigenvalue weighted by Crippen LogP contribution is -2.28. The number of hydrogen-bond donors (Lipinski definition) is 0. The fourth-order valence-electron chi connectivity index (χ4n) is 1.99. The van der Waals surface area contributed by atoms with E-state index in [0.717, 1.165) is 19.4 Å². The molecular weight excluding hydrogens is 184 g/mol. The van der Waals surface area contributed by atoms with Gasteiger partial charge >= 0.3 is 0 Å². The van der Waals surface area contributed by atoms with Gasteiger partial charge in [0.1, 0.15) is 0 Å². The van der Waals surface area contributed by atoms with Crippen molar-refractivity contribution in [2.24, 2.45) is 5.92 Å². The van der Waals surface area contributed by atoms with Gasteiger partial charge in [0, 0.05) is 12.5 Å². The minimum absolute atomic E-state index is 0.218. The van der Waals surface area contributed by atoms with Crippen LogP contribution in [0.5, 0.6) is 0 Å². The lowest BCUT2D eigenvalue weighted by atomic mass is 9.98. The van der Waals surface area contributed by atoms with E-state index in [9.17, 15) is 4.79 Å². The molecule has 2 nitrogen and oxygen atoms in total. The van der Waals surface area contributed by atoms with Crippen molar-refractivity contribution in [2.45, 2.75) is 30.9 Å². The third kappa shape index (κ3) is 2.26. The van der Waals surface area contributed by atoms with Gasteiger partial charge in [-0.2, -0.15) is 11.8 Å². The average Bonchev–Trinajstić information content (AvgIpc) is 2.71. The number of ketones is 1. The summed E-state index contributed by atoms with van der Waals surface area (Å²) in [6, 6.07) is 0. The van der Waals surface area contributed by atoms with E-state index in [1.54, 1.807) is 0 Å². The number of Topliss-reactive ketones (excluding diaryl/α,β-unsaturated/α-hetero) is 1. The van der Waals surface area contributed by atoms with Crippen molar-refractivity contribution in [3.05, 3.63) is 0 Å². The first kappa shape index (κ1) is 9.53. The lowest BCUT2D eigenvalue weighted by Gasteiger charge is -2.22. The first-order chi connectivity index (χ1) is 6.38. The Morgan fingerprint density at radius 2 is 2.23 bits per heavy atom. The summed E-state index contributed by atoms with van der Waals surface area (Å²) in [7, 11) is 0. The second kappa shape index (κ2) is 4.47. The summed E-state index contributed by atoms with van der Waals surface area (Å²) in [5, 5.41) is 0.292. The number of rotatable bonds is 2. The monoisotopic (exact) mass is 200 g/mol. The Morgan fingerprint density at radius 3 is 2.85 bits per heavy atom. The van der Waals surface area contributed by atoms with Crippen LogP contribution in [0.15, 0.2) is 0 Å². The van der Waals surface area contributed by atoms with E-state index >= 15 is 0 Å². The zero-order chi connectivity index (χ0) is 9.10.